The van der Waals surface area contributed by atoms with Crippen LogP contribution in [-0.2, 0) is 0 Å². The molecule has 0 aromatic carbocycles. The predicted molar refractivity (Wildman–Crippen MR) is 36.6 cm³/mol. The fourth-order valence-electron chi connectivity index (χ4n) is 1.41. The fraction of sp³-hybridized carbons (Fsp3) is 0.857. The first-order valence-corrected chi connectivity index (χ1v) is 3.61. The van der Waals surface area contributed by atoms with Gasteiger partial charge in [0.15, 0.2) is 0 Å². The summed E-state index contributed by atoms with van der Waals surface area (Å²) < 4.78 is 0. The smallest absolute Gasteiger partial charge is 0.104 e. The van der Waals surface area contributed by atoms with Crippen LogP contribution in [0.15, 0.2) is 0 Å². The monoisotopic (exact) mass is 127 g/mol. The van der Waals surface area contributed by atoms with E-state index in [2.05, 4.69) is 12.4 Å². The molecule has 2 heteroatoms. The Hall–Kier alpha value is -0.0800. The molecule has 0 spiro atoms. The van der Waals surface area contributed by atoms with E-state index < -0.39 is 0 Å². The summed E-state index contributed by atoms with van der Waals surface area (Å²) in [6.45, 7) is 0. The second kappa shape index (κ2) is 3.18. The van der Waals surface area contributed by atoms with Gasteiger partial charge in [0.1, 0.15) is 6.04 Å². The molecule has 0 aromatic rings. The number of hydrogen-bond donors (Lipinski definition) is 2. The van der Waals surface area contributed by atoms with Gasteiger partial charge in [0.25, 0.3) is 0 Å². The van der Waals surface area contributed by atoms with Crippen molar-refractivity contribution in [3.8, 4) is 0 Å². The van der Waals surface area contributed by atoms with E-state index in [9.17, 15) is 0 Å². The van der Waals surface area contributed by atoms with Crippen LogP contribution in [0.5, 0.6) is 0 Å². The van der Waals surface area contributed by atoms with Gasteiger partial charge >= 0.3 is 0 Å². The molecule has 1 radical (unpaired) electrons. The molecule has 3 N–H and O–H groups in total. The number of nitrogens with two attached hydrogens (primary N) is 1. The second-order valence-electron chi connectivity index (χ2n) is 2.83. The highest BCUT2D eigenvalue weighted by atomic mass is 14.9. The minimum atomic E-state index is 0.415. The molecular formula is C7H15N2. The van der Waals surface area contributed by atoms with Crippen molar-refractivity contribution in [2.45, 2.75) is 37.8 Å². The molecule has 53 valence electrons. The topological polar surface area (TPSA) is 41.6 Å². The lowest BCUT2D eigenvalue weighted by Crippen LogP contribution is -2.84. The first-order chi connectivity index (χ1) is 4.33. The molecule has 1 aliphatic carbocycles. The minimum Gasteiger partial charge on any atom is -0.332 e. The number of nitrogens with one attached hydrogen (secondary N) is 1. The Morgan fingerprint density at radius 3 is 2.67 bits per heavy atom. The highest BCUT2D eigenvalue weighted by molar-refractivity contribution is 4.73. The van der Waals surface area contributed by atoms with E-state index in [0.29, 0.717) is 12.1 Å². The van der Waals surface area contributed by atoms with Crippen molar-refractivity contribution in [2.24, 2.45) is 5.73 Å². The summed E-state index contributed by atoms with van der Waals surface area (Å²) in [5.74, 6) is 0. The number of rotatable bonds is 1. The van der Waals surface area contributed by atoms with Crippen LogP contribution in [-0.4, -0.2) is 12.1 Å². The van der Waals surface area contributed by atoms with Crippen LogP contribution in [0.1, 0.15) is 25.7 Å². The van der Waals surface area contributed by atoms with Crippen molar-refractivity contribution in [1.82, 2.24) is 0 Å². The maximum Gasteiger partial charge on any atom is 0.104 e. The molecule has 1 fully saturated rings. The molecule has 0 saturated heterocycles. The van der Waals surface area contributed by atoms with E-state index in [-0.39, 0.29) is 0 Å². The van der Waals surface area contributed by atoms with Gasteiger partial charge in [-0.25, -0.2) is 0 Å². The summed E-state index contributed by atoms with van der Waals surface area (Å²) in [7, 11) is 3.64. The van der Waals surface area contributed by atoms with E-state index in [1.807, 2.05) is 0 Å². The van der Waals surface area contributed by atoms with Crippen LogP contribution in [0, 0.1) is 7.05 Å². The quantitative estimate of drug-likeness (QED) is 0.454. The normalized spacial score (nSPS) is 36.7. The van der Waals surface area contributed by atoms with Crippen molar-refractivity contribution in [2.75, 3.05) is 0 Å². The standard InChI is InChI=1S/C7H15N2/c1-9-7-4-2-3-6(8)5-7/h6-7,9H,1-5,8H2. The molecule has 1 aliphatic rings. The third kappa shape index (κ3) is 1.95. The molecule has 1 rings (SSSR count). The largest absolute Gasteiger partial charge is 0.332 e. The van der Waals surface area contributed by atoms with Crippen molar-refractivity contribution in [3.05, 3.63) is 7.05 Å². The zero-order valence-electron chi connectivity index (χ0n) is 5.77. The minimum absolute atomic E-state index is 0.415. The Morgan fingerprint density at radius 2 is 2.22 bits per heavy atom. The molecular weight excluding hydrogens is 112 g/mol. The summed E-state index contributed by atoms with van der Waals surface area (Å²) >= 11 is 0. The SMILES string of the molecule is [CH2-][NH+]C1CCCC(N)C1. The Bertz CT molecular complexity index is 83.0. The van der Waals surface area contributed by atoms with Crippen LogP contribution in [0.4, 0.5) is 0 Å². The lowest BCUT2D eigenvalue weighted by molar-refractivity contribution is -0.637. The zero-order chi connectivity index (χ0) is 6.69. The molecule has 0 aromatic heterocycles. The van der Waals surface area contributed by atoms with Crippen LogP contribution >= 0.6 is 0 Å². The van der Waals surface area contributed by atoms with Crippen molar-refractivity contribution in [1.29, 1.82) is 0 Å². The van der Waals surface area contributed by atoms with Gasteiger partial charge in [0.2, 0.25) is 0 Å². The van der Waals surface area contributed by atoms with E-state index >= 15 is 0 Å². The first kappa shape index (κ1) is 7.03. The average Bonchev–Trinajstić information content (AvgIpc) is 1.88. The number of hydrogen-bond acceptors (Lipinski definition) is 2. The van der Waals surface area contributed by atoms with Crippen LogP contribution in [0.3, 0.4) is 0 Å². The molecule has 2 atom stereocenters. The molecule has 9 heavy (non-hydrogen) atoms. The van der Waals surface area contributed by atoms with Gasteiger partial charge in [-0.05, 0) is 12.8 Å². The van der Waals surface area contributed by atoms with Gasteiger partial charge in [0, 0.05) is 18.9 Å². The summed E-state index contributed by atoms with van der Waals surface area (Å²) in [5, 5.41) is 3.00. The second-order valence-corrected chi connectivity index (χ2v) is 2.83. The van der Waals surface area contributed by atoms with E-state index in [4.69, 9.17) is 5.73 Å². The maximum absolute atomic E-state index is 5.73. The van der Waals surface area contributed by atoms with Crippen LogP contribution in [0.25, 0.3) is 0 Å². The Labute approximate surface area is 56.8 Å². The zero-order valence-corrected chi connectivity index (χ0v) is 5.77. The predicted octanol–water partition coefficient (Wildman–Crippen LogP) is -0.603. The highest BCUT2D eigenvalue weighted by Crippen LogP contribution is 2.13. The molecule has 0 aliphatic heterocycles. The lowest BCUT2D eigenvalue weighted by Gasteiger charge is -2.22. The van der Waals surface area contributed by atoms with Crippen LogP contribution < -0.4 is 11.1 Å². The van der Waals surface area contributed by atoms with Crippen molar-refractivity contribution in [3.63, 3.8) is 0 Å². The van der Waals surface area contributed by atoms with Gasteiger partial charge in [-0.2, -0.15) is 0 Å². The molecule has 1 saturated carbocycles. The Kier molecular flexibility index (Phi) is 2.49. The molecule has 2 nitrogen and oxygen atoms in total. The summed E-state index contributed by atoms with van der Waals surface area (Å²) in [6.07, 6.45) is 4.80. The van der Waals surface area contributed by atoms with Gasteiger partial charge in [-0.15, -0.1) is 7.05 Å². The Morgan fingerprint density at radius 1 is 1.44 bits per heavy atom. The van der Waals surface area contributed by atoms with Gasteiger partial charge in [-0.3, -0.25) is 0 Å². The lowest BCUT2D eigenvalue weighted by atomic mass is 9.92. The average molecular weight is 127 g/mol. The van der Waals surface area contributed by atoms with Crippen LogP contribution in [0.2, 0.25) is 0 Å². The van der Waals surface area contributed by atoms with Crippen molar-refractivity contribution >= 4 is 0 Å². The molecule has 0 amide bonds. The molecule has 0 bridgehead atoms. The molecule has 2 unspecified atom stereocenters. The van der Waals surface area contributed by atoms with E-state index in [1.165, 1.54) is 19.3 Å². The summed E-state index contributed by atoms with van der Waals surface area (Å²) in [4.78, 5) is 0. The van der Waals surface area contributed by atoms with E-state index in [0.717, 1.165) is 6.42 Å². The summed E-state index contributed by atoms with van der Waals surface area (Å²) in [6, 6.07) is 0.992. The van der Waals surface area contributed by atoms with Crippen molar-refractivity contribution < 1.29 is 5.32 Å². The first-order valence-electron chi connectivity index (χ1n) is 3.61. The fourth-order valence-corrected chi connectivity index (χ4v) is 1.41. The van der Waals surface area contributed by atoms with Gasteiger partial charge in [0.05, 0.1) is 0 Å². The van der Waals surface area contributed by atoms with Gasteiger partial charge in [-0.1, -0.05) is 0 Å². The third-order valence-electron chi connectivity index (χ3n) is 2.00. The highest BCUT2D eigenvalue weighted by Gasteiger charge is 2.19. The third-order valence-corrected chi connectivity index (χ3v) is 2.00. The molecule has 0 heterocycles. The maximum atomic E-state index is 5.73. The Balaban J connectivity index is 2.23. The van der Waals surface area contributed by atoms with E-state index in [1.54, 1.807) is 0 Å². The summed E-state index contributed by atoms with van der Waals surface area (Å²) in [5.41, 5.74) is 5.73. The van der Waals surface area contributed by atoms with Gasteiger partial charge < -0.3 is 11.1 Å².